The molecule has 25 heavy (non-hydrogen) atoms. The molecule has 3 N–H and O–H groups in total. The number of hydrogen-bond donors (Lipinski definition) is 2. The molecule has 3 nitrogen and oxygen atoms in total. The topological polar surface area (TPSA) is 41.3 Å². The zero-order valence-electron chi connectivity index (χ0n) is 15.7. The maximum atomic E-state index is 6.29. The maximum Gasteiger partial charge on any atom is 0.0575 e. The van der Waals surface area contributed by atoms with Crippen LogP contribution in [0.15, 0.2) is 53.4 Å². The minimum atomic E-state index is 0.727. The van der Waals surface area contributed by atoms with E-state index in [4.69, 9.17) is 5.73 Å². The lowest BCUT2D eigenvalue weighted by molar-refractivity contribution is 0.461. The van der Waals surface area contributed by atoms with Crippen LogP contribution in [0, 0.1) is 5.92 Å². The van der Waals surface area contributed by atoms with Gasteiger partial charge in [-0.05, 0) is 61.0 Å². The first-order valence-corrected chi connectivity index (χ1v) is 10.0. The summed E-state index contributed by atoms with van der Waals surface area (Å²) in [5.74, 6) is 0.727. The minimum Gasteiger partial charge on any atom is -0.397 e. The van der Waals surface area contributed by atoms with Crippen LogP contribution in [0.4, 0.5) is 17.1 Å². The Kier molecular flexibility index (Phi) is 7.99. The van der Waals surface area contributed by atoms with E-state index in [1.165, 1.54) is 30.6 Å². The molecule has 2 aromatic carbocycles. The molecule has 2 rings (SSSR count). The van der Waals surface area contributed by atoms with E-state index in [0.29, 0.717) is 0 Å². The summed E-state index contributed by atoms with van der Waals surface area (Å²) < 4.78 is 2.15. The van der Waals surface area contributed by atoms with Gasteiger partial charge in [-0.2, -0.15) is 0 Å². The number of nitrogens with zero attached hydrogens (tertiary/aromatic N) is 1. The Balaban J connectivity index is 1.97. The molecule has 0 fully saturated rings. The maximum absolute atomic E-state index is 6.29. The van der Waals surface area contributed by atoms with Gasteiger partial charge < -0.3 is 15.4 Å². The van der Waals surface area contributed by atoms with Crippen molar-refractivity contribution in [1.29, 1.82) is 0 Å². The number of rotatable bonds is 10. The molecule has 0 aromatic heterocycles. The van der Waals surface area contributed by atoms with Crippen LogP contribution in [0.2, 0.25) is 0 Å². The van der Waals surface area contributed by atoms with Crippen LogP contribution in [0.1, 0.15) is 39.5 Å². The second-order valence-corrected chi connectivity index (χ2v) is 7.70. The van der Waals surface area contributed by atoms with Gasteiger partial charge in [0.2, 0.25) is 0 Å². The van der Waals surface area contributed by atoms with Crippen molar-refractivity contribution in [3.8, 4) is 0 Å². The third-order valence-electron chi connectivity index (χ3n) is 4.36. The van der Waals surface area contributed by atoms with Crippen LogP contribution < -0.4 is 15.4 Å². The molecule has 0 heterocycles. The molecule has 0 atom stereocenters. The number of hydrogen-bond acceptors (Lipinski definition) is 4. The number of nitrogens with two attached hydrogens (primary N) is 1. The predicted molar refractivity (Wildman–Crippen MR) is 113 cm³/mol. The molecular formula is C21H31N3S. The van der Waals surface area contributed by atoms with Crippen LogP contribution in [0.3, 0.4) is 0 Å². The summed E-state index contributed by atoms with van der Waals surface area (Å²) in [6, 6.07) is 16.6. The molecule has 0 aliphatic carbocycles. The average Bonchev–Trinajstić information content (AvgIpc) is 2.61. The lowest BCUT2D eigenvalue weighted by Gasteiger charge is -2.21. The zero-order valence-corrected chi connectivity index (χ0v) is 16.5. The Morgan fingerprint density at radius 2 is 1.72 bits per heavy atom. The molecule has 0 saturated heterocycles. The highest BCUT2D eigenvalue weighted by molar-refractivity contribution is 8.00. The number of anilines is 3. The summed E-state index contributed by atoms with van der Waals surface area (Å²) in [5, 5.41) is 3.55. The molecule has 0 aliphatic heterocycles. The highest BCUT2D eigenvalue weighted by Gasteiger charge is 2.09. The molecular weight excluding hydrogens is 326 g/mol. The van der Waals surface area contributed by atoms with Crippen molar-refractivity contribution < 1.29 is 0 Å². The van der Waals surface area contributed by atoms with Gasteiger partial charge in [-0.25, -0.2) is 0 Å². The molecule has 0 aliphatic rings. The largest absolute Gasteiger partial charge is 0.397 e. The number of nitrogens with one attached hydrogen (secondary N) is 1. The van der Waals surface area contributed by atoms with E-state index < -0.39 is 0 Å². The van der Waals surface area contributed by atoms with E-state index in [0.717, 1.165) is 29.5 Å². The fourth-order valence-electron chi connectivity index (χ4n) is 3.02. The molecule has 0 radical (unpaired) electrons. The highest BCUT2D eigenvalue weighted by Crippen LogP contribution is 2.31. The van der Waals surface area contributed by atoms with Crippen LogP contribution in [0.5, 0.6) is 0 Å². The Bertz CT molecular complexity index is 624. The van der Waals surface area contributed by atoms with Crippen LogP contribution in [-0.4, -0.2) is 13.6 Å². The lowest BCUT2D eigenvalue weighted by atomic mass is 9.98. The quantitative estimate of drug-likeness (QED) is 0.402. The van der Waals surface area contributed by atoms with Gasteiger partial charge in [0.15, 0.2) is 0 Å². The fourth-order valence-corrected chi connectivity index (χ4v) is 3.83. The van der Waals surface area contributed by atoms with E-state index in [2.05, 4.69) is 66.9 Å². The Morgan fingerprint density at radius 3 is 2.32 bits per heavy atom. The van der Waals surface area contributed by atoms with Crippen molar-refractivity contribution in [3.63, 3.8) is 0 Å². The number of nitrogen functional groups attached to an aromatic ring is 1. The van der Waals surface area contributed by atoms with Crippen molar-refractivity contribution in [2.45, 2.75) is 44.4 Å². The number of benzene rings is 2. The zero-order chi connectivity index (χ0) is 18.1. The van der Waals surface area contributed by atoms with Crippen molar-refractivity contribution in [1.82, 2.24) is 0 Å². The monoisotopic (exact) mass is 357 g/mol. The molecule has 0 unspecified atom stereocenters. The van der Waals surface area contributed by atoms with Crippen molar-refractivity contribution >= 4 is 29.0 Å². The third kappa shape index (κ3) is 6.20. The highest BCUT2D eigenvalue weighted by atomic mass is 32.2. The smallest absolute Gasteiger partial charge is 0.0575 e. The third-order valence-corrected chi connectivity index (χ3v) is 5.33. The minimum absolute atomic E-state index is 0.727. The molecule has 0 bridgehead atoms. The molecule has 2 aromatic rings. The SMILES string of the molecule is CCCC(CCC)CNc1ccc(N(C)Sc2ccccc2)cc1N. The van der Waals surface area contributed by atoms with Gasteiger partial charge in [0, 0.05) is 24.2 Å². The first-order chi connectivity index (χ1) is 12.1. The van der Waals surface area contributed by atoms with Crippen molar-refractivity contribution in [2.24, 2.45) is 5.92 Å². The van der Waals surface area contributed by atoms with Gasteiger partial charge in [0.05, 0.1) is 11.4 Å². The van der Waals surface area contributed by atoms with Gasteiger partial charge in [0.25, 0.3) is 0 Å². The first kappa shape index (κ1) is 19.5. The average molecular weight is 358 g/mol. The van der Waals surface area contributed by atoms with Crippen molar-refractivity contribution in [2.75, 3.05) is 28.9 Å². The van der Waals surface area contributed by atoms with E-state index in [-0.39, 0.29) is 0 Å². The summed E-state index contributed by atoms with van der Waals surface area (Å²) in [7, 11) is 2.07. The van der Waals surface area contributed by atoms with Gasteiger partial charge >= 0.3 is 0 Å². The molecule has 0 saturated carbocycles. The Labute approximate surface area is 157 Å². The van der Waals surface area contributed by atoms with Gasteiger partial charge in [-0.3, -0.25) is 0 Å². The van der Waals surface area contributed by atoms with Gasteiger partial charge in [0.1, 0.15) is 0 Å². The van der Waals surface area contributed by atoms with E-state index in [1.807, 2.05) is 12.1 Å². The van der Waals surface area contributed by atoms with Crippen LogP contribution >= 0.6 is 11.9 Å². The summed E-state index contributed by atoms with van der Waals surface area (Å²) in [6.45, 7) is 5.51. The summed E-state index contributed by atoms with van der Waals surface area (Å²) in [4.78, 5) is 1.22. The molecule has 136 valence electrons. The standard InChI is InChI=1S/C21H31N3S/c1-4-9-17(10-5-2)16-23-21-14-13-18(15-20(21)22)24(3)25-19-11-7-6-8-12-19/h6-8,11-15,17,23H,4-5,9-10,16,22H2,1-3H3. The molecule has 0 spiro atoms. The normalized spacial score (nSPS) is 10.9. The molecule has 0 amide bonds. The first-order valence-electron chi connectivity index (χ1n) is 9.24. The summed E-state index contributed by atoms with van der Waals surface area (Å²) >= 11 is 1.70. The second-order valence-electron chi connectivity index (χ2n) is 6.50. The van der Waals surface area contributed by atoms with Gasteiger partial charge in [-0.1, -0.05) is 44.9 Å². The van der Waals surface area contributed by atoms with E-state index in [9.17, 15) is 0 Å². The van der Waals surface area contributed by atoms with Gasteiger partial charge in [-0.15, -0.1) is 0 Å². The molecule has 4 heteroatoms. The Morgan fingerprint density at radius 1 is 1.04 bits per heavy atom. The van der Waals surface area contributed by atoms with E-state index in [1.54, 1.807) is 11.9 Å². The summed E-state index contributed by atoms with van der Waals surface area (Å²) in [5.41, 5.74) is 9.25. The Hall–Kier alpha value is -1.81. The van der Waals surface area contributed by atoms with Crippen LogP contribution in [0.25, 0.3) is 0 Å². The predicted octanol–water partition coefficient (Wildman–Crippen LogP) is 6.04. The van der Waals surface area contributed by atoms with E-state index >= 15 is 0 Å². The van der Waals surface area contributed by atoms with Crippen LogP contribution in [-0.2, 0) is 0 Å². The summed E-state index contributed by atoms with van der Waals surface area (Å²) in [6.07, 6.45) is 5.02. The second kappa shape index (κ2) is 10.2. The lowest BCUT2D eigenvalue weighted by Crippen LogP contribution is -2.15. The fraction of sp³-hybridized carbons (Fsp3) is 0.429. The van der Waals surface area contributed by atoms with Crippen molar-refractivity contribution in [3.05, 3.63) is 48.5 Å².